The quantitative estimate of drug-likeness (QED) is 0.390. The minimum Gasteiger partial charge on any atom is -0.342 e. The fourth-order valence-electron chi connectivity index (χ4n) is 7.30. The van der Waals surface area contributed by atoms with Crippen molar-refractivity contribution in [3.63, 3.8) is 0 Å². The summed E-state index contributed by atoms with van der Waals surface area (Å²) in [5, 5.41) is 8.15. The van der Waals surface area contributed by atoms with Crippen LogP contribution in [0.15, 0.2) is 42.5 Å². The van der Waals surface area contributed by atoms with E-state index in [0.717, 1.165) is 43.2 Å². The standard InChI is InChI=1S/C34H43ClFN7O4/c35-27-20-24(8-9-28(27)36)37-33(46)38-30(32(45)42-18-10-25(11-19-42)40-14-4-1-5-15-40)21-31(44)41-16-12-26(13-17-41)43-22-23-6-2-3-7-29(23)39-34(43)47/h2-3,6-9,20,25-26,30H,1,4-5,10-19,21-22H2,(H,39,47)(H2,37,38,46)/t30-/m0/s1. The lowest BCUT2D eigenvalue weighted by molar-refractivity contribution is -0.140. The summed E-state index contributed by atoms with van der Waals surface area (Å²) in [5.41, 5.74) is 2.14. The molecule has 3 N–H and O–H groups in total. The van der Waals surface area contributed by atoms with Crippen LogP contribution in [-0.2, 0) is 16.1 Å². The van der Waals surface area contributed by atoms with Gasteiger partial charge in [0.05, 0.1) is 11.4 Å². The van der Waals surface area contributed by atoms with Crippen molar-refractivity contribution in [3.05, 3.63) is 58.9 Å². The average Bonchev–Trinajstić information content (AvgIpc) is 3.09. The zero-order valence-electron chi connectivity index (χ0n) is 26.6. The predicted molar refractivity (Wildman–Crippen MR) is 178 cm³/mol. The van der Waals surface area contributed by atoms with Crippen molar-refractivity contribution < 1.29 is 23.6 Å². The third kappa shape index (κ3) is 7.98. The van der Waals surface area contributed by atoms with Gasteiger partial charge in [-0.3, -0.25) is 9.59 Å². The molecular weight excluding hydrogens is 625 g/mol. The number of amides is 6. The van der Waals surface area contributed by atoms with Gasteiger partial charge in [0, 0.05) is 56.2 Å². The summed E-state index contributed by atoms with van der Waals surface area (Å²) in [7, 11) is 0. The SMILES string of the molecule is O=C(Nc1ccc(F)c(Cl)c1)N[C@@H](CC(=O)N1CCC(N2Cc3ccccc3NC2=O)CC1)C(=O)N1CCC(N2CCCCC2)CC1. The molecular formula is C34H43ClFN7O4. The number of nitrogens with zero attached hydrogens (tertiary/aromatic N) is 4. The van der Waals surface area contributed by atoms with Gasteiger partial charge in [-0.2, -0.15) is 0 Å². The summed E-state index contributed by atoms with van der Waals surface area (Å²) in [6.07, 6.45) is 6.43. The lowest BCUT2D eigenvalue weighted by Crippen LogP contribution is -2.56. The van der Waals surface area contributed by atoms with Crippen molar-refractivity contribution in [1.82, 2.24) is 24.9 Å². The summed E-state index contributed by atoms with van der Waals surface area (Å²) in [6.45, 7) is 4.72. The average molecular weight is 668 g/mol. The normalized spacial score (nSPS) is 20.3. The van der Waals surface area contributed by atoms with Crippen LogP contribution in [0.4, 0.5) is 25.4 Å². The summed E-state index contributed by atoms with van der Waals surface area (Å²) in [5.74, 6) is -1.14. The molecule has 0 bridgehead atoms. The smallest absolute Gasteiger partial charge is 0.322 e. The number of carbonyl (C=O) groups is 4. The zero-order chi connectivity index (χ0) is 32.9. The first kappa shape index (κ1) is 33.0. The van der Waals surface area contributed by atoms with Gasteiger partial charge in [0.15, 0.2) is 0 Å². The fourth-order valence-corrected chi connectivity index (χ4v) is 7.48. The first-order valence-electron chi connectivity index (χ1n) is 16.7. The Morgan fingerprint density at radius 1 is 0.894 bits per heavy atom. The van der Waals surface area contributed by atoms with Crippen molar-refractivity contribution in [1.29, 1.82) is 0 Å². The number of fused-ring (bicyclic) bond motifs is 1. The molecule has 2 aromatic carbocycles. The van der Waals surface area contributed by atoms with E-state index < -0.39 is 17.9 Å². The number of likely N-dealkylation sites (tertiary alicyclic amines) is 3. The van der Waals surface area contributed by atoms with E-state index in [1.54, 1.807) is 9.80 Å². The maximum absolute atomic E-state index is 13.9. The van der Waals surface area contributed by atoms with E-state index in [9.17, 15) is 23.6 Å². The van der Waals surface area contributed by atoms with E-state index in [0.29, 0.717) is 51.6 Å². The van der Waals surface area contributed by atoms with Gasteiger partial charge in [-0.05, 0) is 81.4 Å². The number of para-hydroxylation sites is 1. The first-order valence-corrected chi connectivity index (χ1v) is 17.1. The van der Waals surface area contributed by atoms with Crippen LogP contribution in [0, 0.1) is 5.82 Å². The molecule has 6 rings (SSSR count). The highest BCUT2D eigenvalue weighted by Gasteiger charge is 2.36. The van der Waals surface area contributed by atoms with E-state index in [-0.39, 0.29) is 41.0 Å². The van der Waals surface area contributed by atoms with E-state index in [1.165, 1.54) is 31.4 Å². The fraction of sp³-hybridized carbons (Fsp3) is 0.529. The maximum Gasteiger partial charge on any atom is 0.322 e. The Labute approximate surface area is 279 Å². The van der Waals surface area contributed by atoms with Crippen molar-refractivity contribution >= 4 is 46.9 Å². The molecule has 4 aliphatic heterocycles. The predicted octanol–water partition coefficient (Wildman–Crippen LogP) is 4.87. The number of anilines is 2. The van der Waals surface area contributed by atoms with Crippen molar-refractivity contribution in [3.8, 4) is 0 Å². The van der Waals surface area contributed by atoms with Crippen molar-refractivity contribution in [2.75, 3.05) is 49.9 Å². The van der Waals surface area contributed by atoms with Crippen LogP contribution in [0.1, 0.15) is 56.9 Å². The molecule has 0 aromatic heterocycles. The zero-order valence-corrected chi connectivity index (χ0v) is 27.3. The molecule has 3 saturated heterocycles. The van der Waals surface area contributed by atoms with Gasteiger partial charge in [-0.1, -0.05) is 36.2 Å². The van der Waals surface area contributed by atoms with Crippen LogP contribution in [0.3, 0.4) is 0 Å². The highest BCUT2D eigenvalue weighted by Crippen LogP contribution is 2.28. The number of rotatable bonds is 7. The van der Waals surface area contributed by atoms with E-state index in [2.05, 4.69) is 20.9 Å². The van der Waals surface area contributed by atoms with Gasteiger partial charge in [0.1, 0.15) is 11.9 Å². The topological polar surface area (TPSA) is 117 Å². The molecule has 1 atom stereocenters. The number of urea groups is 2. The molecule has 4 aliphatic rings. The molecule has 13 heteroatoms. The third-order valence-electron chi connectivity index (χ3n) is 9.96. The molecule has 0 unspecified atom stereocenters. The van der Waals surface area contributed by atoms with Gasteiger partial charge < -0.3 is 35.6 Å². The van der Waals surface area contributed by atoms with Crippen LogP contribution < -0.4 is 16.0 Å². The molecule has 0 aliphatic carbocycles. The van der Waals surface area contributed by atoms with Gasteiger partial charge in [0.2, 0.25) is 11.8 Å². The molecule has 3 fully saturated rings. The second-order valence-corrected chi connectivity index (χ2v) is 13.4. The Kier molecular flexibility index (Phi) is 10.5. The number of hydrogen-bond donors (Lipinski definition) is 3. The van der Waals surface area contributed by atoms with E-state index in [1.807, 2.05) is 29.2 Å². The Hall–Kier alpha value is -3.90. The molecule has 6 amide bonds. The number of hydrogen-bond acceptors (Lipinski definition) is 5. The maximum atomic E-state index is 13.9. The molecule has 0 spiro atoms. The summed E-state index contributed by atoms with van der Waals surface area (Å²) < 4.78 is 13.7. The van der Waals surface area contributed by atoms with Crippen LogP contribution >= 0.6 is 11.6 Å². The second-order valence-electron chi connectivity index (χ2n) is 13.0. The molecule has 2 aromatic rings. The summed E-state index contributed by atoms with van der Waals surface area (Å²) in [6, 6.07) is 10.1. The van der Waals surface area contributed by atoms with Gasteiger partial charge in [-0.25, -0.2) is 14.0 Å². The van der Waals surface area contributed by atoms with Crippen LogP contribution in [0.5, 0.6) is 0 Å². The summed E-state index contributed by atoms with van der Waals surface area (Å²) >= 11 is 5.88. The molecule has 0 saturated carbocycles. The van der Waals surface area contributed by atoms with E-state index >= 15 is 0 Å². The van der Waals surface area contributed by atoms with Gasteiger partial charge in [-0.15, -0.1) is 0 Å². The molecule has 0 radical (unpaired) electrons. The highest BCUT2D eigenvalue weighted by atomic mass is 35.5. The monoisotopic (exact) mass is 667 g/mol. The first-order chi connectivity index (χ1) is 22.7. The van der Waals surface area contributed by atoms with E-state index in [4.69, 9.17) is 11.6 Å². The largest absolute Gasteiger partial charge is 0.342 e. The number of piperidine rings is 3. The second kappa shape index (κ2) is 14.9. The minimum absolute atomic E-state index is 0.0162. The van der Waals surface area contributed by atoms with Crippen molar-refractivity contribution in [2.24, 2.45) is 0 Å². The summed E-state index contributed by atoms with van der Waals surface area (Å²) in [4.78, 5) is 61.2. The van der Waals surface area contributed by atoms with Gasteiger partial charge >= 0.3 is 12.1 Å². The van der Waals surface area contributed by atoms with Crippen LogP contribution in [0.2, 0.25) is 5.02 Å². The number of benzene rings is 2. The number of carbonyl (C=O) groups excluding carboxylic acids is 4. The Bertz CT molecular complexity index is 1470. The number of halogens is 2. The Morgan fingerprint density at radius 2 is 1.57 bits per heavy atom. The Balaban J connectivity index is 1.07. The number of nitrogens with one attached hydrogen (secondary N) is 3. The van der Waals surface area contributed by atoms with Crippen LogP contribution in [0.25, 0.3) is 0 Å². The lowest BCUT2D eigenvalue weighted by atomic mass is 9.98. The Morgan fingerprint density at radius 3 is 2.30 bits per heavy atom. The molecule has 4 heterocycles. The van der Waals surface area contributed by atoms with Crippen molar-refractivity contribution in [2.45, 2.75) is 76.0 Å². The molecule has 11 nitrogen and oxygen atoms in total. The minimum atomic E-state index is -1.08. The lowest BCUT2D eigenvalue weighted by Gasteiger charge is -2.41. The molecule has 252 valence electrons. The molecule has 47 heavy (non-hydrogen) atoms. The van der Waals surface area contributed by atoms with Gasteiger partial charge in [0.25, 0.3) is 0 Å². The highest BCUT2D eigenvalue weighted by molar-refractivity contribution is 6.31. The van der Waals surface area contributed by atoms with Crippen LogP contribution in [-0.4, -0.2) is 101 Å². The third-order valence-corrected chi connectivity index (χ3v) is 10.3.